The van der Waals surface area contributed by atoms with E-state index in [0.717, 1.165) is 37.3 Å². The Morgan fingerprint density at radius 2 is 1.71 bits per heavy atom. The van der Waals surface area contributed by atoms with Gasteiger partial charge >= 0.3 is 0 Å². The third-order valence-corrected chi connectivity index (χ3v) is 7.27. The number of carbonyl (C=O) groups excluding carboxylic acids is 1. The molecule has 4 bridgehead atoms. The number of hydrogen-bond acceptors (Lipinski definition) is 2. The molecule has 1 amide bonds. The topological polar surface area (TPSA) is 41.1 Å². The molecule has 4 aliphatic carbocycles. The second kappa shape index (κ2) is 4.71. The first kappa shape index (κ1) is 14.0. The van der Waals surface area contributed by atoms with Crippen molar-refractivity contribution in [2.75, 3.05) is 13.1 Å². The van der Waals surface area contributed by atoms with Crippen LogP contribution in [0.5, 0.6) is 0 Å². The van der Waals surface area contributed by atoms with Crippen molar-refractivity contribution in [2.45, 2.75) is 64.8 Å². The molecule has 21 heavy (non-hydrogen) atoms. The van der Waals surface area contributed by atoms with Crippen LogP contribution in [0.3, 0.4) is 0 Å². The number of carbonyl (C=O) groups is 1. The van der Waals surface area contributed by atoms with Gasteiger partial charge in [0.05, 0.1) is 5.41 Å². The molecule has 5 aliphatic rings. The van der Waals surface area contributed by atoms with Gasteiger partial charge in [0.25, 0.3) is 0 Å². The fourth-order valence-corrected chi connectivity index (χ4v) is 6.24. The molecule has 4 saturated carbocycles. The summed E-state index contributed by atoms with van der Waals surface area (Å²) in [4.78, 5) is 12.7. The molecule has 0 aromatic rings. The fourth-order valence-electron chi connectivity index (χ4n) is 6.24. The van der Waals surface area contributed by atoms with Crippen LogP contribution in [0.15, 0.2) is 0 Å². The third kappa shape index (κ3) is 2.23. The van der Waals surface area contributed by atoms with Gasteiger partial charge in [0.15, 0.2) is 0 Å². The lowest BCUT2D eigenvalue weighted by atomic mass is 9.48. The lowest BCUT2D eigenvalue weighted by molar-refractivity contribution is -0.133. The standard InChI is InChI=1S/C18H30N2O/c1-12(20-16(21)17(2)3-4-19-11-17)18-8-13-5-14(9-18)7-15(6-13)10-18/h12-15,19H,3-11H2,1-2H3,(H,20,21). The van der Waals surface area contributed by atoms with Crippen LogP contribution < -0.4 is 10.6 Å². The fraction of sp³-hybridized carbons (Fsp3) is 0.944. The number of amides is 1. The van der Waals surface area contributed by atoms with Gasteiger partial charge in [0.1, 0.15) is 0 Å². The molecule has 3 nitrogen and oxygen atoms in total. The predicted molar refractivity (Wildman–Crippen MR) is 83.8 cm³/mol. The molecule has 2 atom stereocenters. The molecule has 2 unspecified atom stereocenters. The molecular weight excluding hydrogens is 260 g/mol. The van der Waals surface area contributed by atoms with Gasteiger partial charge in [-0.1, -0.05) is 0 Å². The molecule has 0 radical (unpaired) electrons. The Balaban J connectivity index is 1.47. The van der Waals surface area contributed by atoms with Crippen molar-refractivity contribution < 1.29 is 4.79 Å². The molecule has 1 heterocycles. The zero-order chi connectivity index (χ0) is 14.7. The Morgan fingerprint density at radius 1 is 1.14 bits per heavy atom. The van der Waals surface area contributed by atoms with E-state index in [0.29, 0.717) is 11.5 Å². The molecule has 1 aliphatic heterocycles. The van der Waals surface area contributed by atoms with E-state index in [4.69, 9.17) is 0 Å². The quantitative estimate of drug-likeness (QED) is 0.839. The molecule has 0 aromatic carbocycles. The third-order valence-electron chi connectivity index (χ3n) is 7.27. The summed E-state index contributed by atoms with van der Waals surface area (Å²) in [5, 5.41) is 6.78. The first-order chi connectivity index (χ1) is 9.99. The van der Waals surface area contributed by atoms with Gasteiger partial charge in [-0.2, -0.15) is 0 Å². The summed E-state index contributed by atoms with van der Waals surface area (Å²) in [7, 11) is 0. The van der Waals surface area contributed by atoms with E-state index < -0.39 is 0 Å². The Morgan fingerprint density at radius 3 is 2.19 bits per heavy atom. The van der Waals surface area contributed by atoms with Crippen LogP contribution >= 0.6 is 0 Å². The van der Waals surface area contributed by atoms with Crippen LogP contribution in [0.25, 0.3) is 0 Å². The van der Waals surface area contributed by atoms with Crippen molar-refractivity contribution in [2.24, 2.45) is 28.6 Å². The SMILES string of the molecule is CC(NC(=O)C1(C)CCNC1)C12CC3CC(CC(C3)C1)C2. The maximum absolute atomic E-state index is 12.7. The summed E-state index contributed by atoms with van der Waals surface area (Å²) in [5.41, 5.74) is 0.239. The smallest absolute Gasteiger partial charge is 0.227 e. The highest BCUT2D eigenvalue weighted by molar-refractivity contribution is 5.83. The van der Waals surface area contributed by atoms with Gasteiger partial charge < -0.3 is 10.6 Å². The lowest BCUT2D eigenvalue weighted by Crippen LogP contribution is -2.57. The van der Waals surface area contributed by atoms with E-state index in [9.17, 15) is 4.79 Å². The second-order valence-corrected chi connectivity index (χ2v) is 8.96. The van der Waals surface area contributed by atoms with E-state index in [1.165, 1.54) is 38.5 Å². The molecule has 5 fully saturated rings. The average Bonchev–Trinajstić information content (AvgIpc) is 2.85. The molecule has 0 spiro atoms. The van der Waals surface area contributed by atoms with Crippen molar-refractivity contribution in [3.05, 3.63) is 0 Å². The summed E-state index contributed by atoms with van der Waals surface area (Å²) in [5.74, 6) is 3.16. The van der Waals surface area contributed by atoms with Crippen LogP contribution in [-0.2, 0) is 4.79 Å². The van der Waals surface area contributed by atoms with Crippen LogP contribution in [-0.4, -0.2) is 25.0 Å². The summed E-state index contributed by atoms with van der Waals surface area (Å²) < 4.78 is 0. The minimum Gasteiger partial charge on any atom is -0.353 e. The molecule has 2 N–H and O–H groups in total. The largest absolute Gasteiger partial charge is 0.353 e. The van der Waals surface area contributed by atoms with Crippen molar-refractivity contribution in [3.8, 4) is 0 Å². The highest BCUT2D eigenvalue weighted by atomic mass is 16.2. The van der Waals surface area contributed by atoms with Crippen molar-refractivity contribution >= 4 is 5.91 Å². The summed E-state index contributed by atoms with van der Waals surface area (Å²) in [6.45, 7) is 6.23. The maximum Gasteiger partial charge on any atom is 0.227 e. The minimum absolute atomic E-state index is 0.184. The second-order valence-electron chi connectivity index (χ2n) is 8.96. The van der Waals surface area contributed by atoms with E-state index in [2.05, 4.69) is 24.5 Å². The normalized spacial score (nSPS) is 49.3. The summed E-state index contributed by atoms with van der Waals surface area (Å²) in [6, 6.07) is 0.357. The average molecular weight is 290 g/mol. The highest BCUT2D eigenvalue weighted by Crippen LogP contribution is 2.61. The van der Waals surface area contributed by atoms with Crippen molar-refractivity contribution in [3.63, 3.8) is 0 Å². The minimum atomic E-state index is -0.184. The molecule has 1 saturated heterocycles. The Hall–Kier alpha value is -0.570. The van der Waals surface area contributed by atoms with Gasteiger partial charge in [0, 0.05) is 12.6 Å². The van der Waals surface area contributed by atoms with E-state index in [1.54, 1.807) is 0 Å². The molecule has 0 aromatic heterocycles. The van der Waals surface area contributed by atoms with Gasteiger partial charge in [-0.25, -0.2) is 0 Å². The van der Waals surface area contributed by atoms with Crippen LogP contribution in [0.1, 0.15) is 58.8 Å². The van der Waals surface area contributed by atoms with Crippen molar-refractivity contribution in [1.82, 2.24) is 10.6 Å². The lowest BCUT2D eigenvalue weighted by Gasteiger charge is -2.59. The monoisotopic (exact) mass is 290 g/mol. The zero-order valence-corrected chi connectivity index (χ0v) is 13.6. The highest BCUT2D eigenvalue weighted by Gasteiger charge is 2.53. The maximum atomic E-state index is 12.7. The zero-order valence-electron chi connectivity index (χ0n) is 13.6. The summed E-state index contributed by atoms with van der Waals surface area (Å²) in [6.07, 6.45) is 9.51. The number of hydrogen-bond donors (Lipinski definition) is 2. The first-order valence-corrected chi connectivity index (χ1v) is 9.01. The predicted octanol–water partition coefficient (Wildman–Crippen LogP) is 2.71. The number of rotatable bonds is 3. The van der Waals surface area contributed by atoms with E-state index >= 15 is 0 Å². The summed E-state index contributed by atoms with van der Waals surface area (Å²) >= 11 is 0. The van der Waals surface area contributed by atoms with Gasteiger partial charge in [-0.3, -0.25) is 4.79 Å². The molecule has 118 valence electrons. The molecular formula is C18H30N2O. The van der Waals surface area contributed by atoms with Crippen molar-refractivity contribution in [1.29, 1.82) is 0 Å². The molecule has 5 rings (SSSR count). The van der Waals surface area contributed by atoms with Gasteiger partial charge in [-0.05, 0) is 88.5 Å². The Bertz CT molecular complexity index is 403. The first-order valence-electron chi connectivity index (χ1n) is 9.01. The van der Waals surface area contributed by atoms with Gasteiger partial charge in [0.2, 0.25) is 5.91 Å². The Labute approximate surface area is 128 Å². The van der Waals surface area contributed by atoms with Gasteiger partial charge in [-0.15, -0.1) is 0 Å². The Kier molecular flexibility index (Phi) is 3.15. The van der Waals surface area contributed by atoms with E-state index in [-0.39, 0.29) is 11.3 Å². The van der Waals surface area contributed by atoms with E-state index in [1.807, 2.05) is 0 Å². The van der Waals surface area contributed by atoms with Crippen LogP contribution in [0.4, 0.5) is 0 Å². The number of nitrogens with one attached hydrogen (secondary N) is 2. The molecule has 3 heteroatoms. The van der Waals surface area contributed by atoms with Crippen LogP contribution in [0.2, 0.25) is 0 Å². The van der Waals surface area contributed by atoms with Crippen LogP contribution in [0, 0.1) is 28.6 Å².